The Labute approximate surface area is 168 Å². The van der Waals surface area contributed by atoms with E-state index in [1.807, 2.05) is 18.2 Å². The van der Waals surface area contributed by atoms with Crippen molar-refractivity contribution in [3.05, 3.63) is 71.7 Å². The molecule has 1 amide bonds. The van der Waals surface area contributed by atoms with Gasteiger partial charge in [-0.25, -0.2) is 4.39 Å². The summed E-state index contributed by atoms with van der Waals surface area (Å²) in [7, 11) is 0. The molecule has 144 valence electrons. The van der Waals surface area contributed by atoms with Crippen molar-refractivity contribution in [2.75, 3.05) is 13.1 Å². The van der Waals surface area contributed by atoms with Crippen LogP contribution < -0.4 is 5.73 Å². The lowest BCUT2D eigenvalue weighted by Crippen LogP contribution is -2.41. The summed E-state index contributed by atoms with van der Waals surface area (Å²) in [6.45, 7) is 2.04. The van der Waals surface area contributed by atoms with Crippen molar-refractivity contribution < 1.29 is 9.18 Å². The first kappa shape index (κ1) is 18.6. The maximum Gasteiger partial charge on any atom is 0.220 e. The molecule has 0 spiro atoms. The predicted octanol–water partition coefficient (Wildman–Crippen LogP) is 3.70. The SMILES string of the molecule is NC(=O)C1CCN(C(=S)c2cn(Cc3cccc(F)c3)c3ccccc23)CC1. The third-order valence-corrected chi connectivity index (χ3v) is 5.92. The van der Waals surface area contributed by atoms with E-state index in [-0.39, 0.29) is 17.6 Å². The van der Waals surface area contributed by atoms with E-state index in [0.717, 1.165) is 52.9 Å². The fourth-order valence-electron chi connectivity index (χ4n) is 3.92. The number of rotatable bonds is 4. The lowest BCUT2D eigenvalue weighted by molar-refractivity contribution is -0.122. The second kappa shape index (κ2) is 7.72. The fourth-order valence-corrected chi connectivity index (χ4v) is 4.26. The molecule has 1 aliphatic heterocycles. The Kier molecular flexibility index (Phi) is 5.13. The van der Waals surface area contributed by atoms with Gasteiger partial charge in [-0.3, -0.25) is 4.79 Å². The summed E-state index contributed by atoms with van der Waals surface area (Å²) in [5, 5.41) is 1.08. The van der Waals surface area contributed by atoms with Crippen LogP contribution in [0.15, 0.2) is 54.7 Å². The largest absolute Gasteiger partial charge is 0.369 e. The van der Waals surface area contributed by atoms with E-state index in [0.29, 0.717) is 6.54 Å². The first-order valence-electron chi connectivity index (χ1n) is 9.44. The van der Waals surface area contributed by atoms with E-state index in [2.05, 4.69) is 27.8 Å². The second-order valence-corrected chi connectivity index (χ2v) is 7.67. The van der Waals surface area contributed by atoms with Gasteiger partial charge in [-0.2, -0.15) is 0 Å². The number of fused-ring (bicyclic) bond motifs is 1. The van der Waals surface area contributed by atoms with Crippen LogP contribution in [-0.2, 0) is 11.3 Å². The minimum atomic E-state index is -0.234. The molecule has 4 rings (SSSR count). The minimum Gasteiger partial charge on any atom is -0.369 e. The molecule has 2 N–H and O–H groups in total. The molecule has 2 heterocycles. The van der Waals surface area contributed by atoms with Crippen molar-refractivity contribution >= 4 is 34.0 Å². The van der Waals surface area contributed by atoms with Crippen molar-refractivity contribution in [1.82, 2.24) is 9.47 Å². The van der Waals surface area contributed by atoms with Crippen molar-refractivity contribution in [1.29, 1.82) is 0 Å². The highest BCUT2D eigenvalue weighted by atomic mass is 32.1. The monoisotopic (exact) mass is 395 g/mol. The molecule has 3 aromatic rings. The van der Waals surface area contributed by atoms with Crippen molar-refractivity contribution in [2.24, 2.45) is 11.7 Å². The highest BCUT2D eigenvalue weighted by Gasteiger charge is 2.26. The van der Waals surface area contributed by atoms with Crippen LogP contribution in [0.3, 0.4) is 0 Å². The number of hydrogen-bond donors (Lipinski definition) is 1. The smallest absolute Gasteiger partial charge is 0.220 e. The highest BCUT2D eigenvalue weighted by molar-refractivity contribution is 7.80. The number of amides is 1. The first-order chi connectivity index (χ1) is 13.5. The molecule has 0 bridgehead atoms. The zero-order valence-electron chi connectivity index (χ0n) is 15.5. The molecular weight excluding hydrogens is 373 g/mol. The number of thiocarbonyl (C=S) groups is 1. The Morgan fingerprint density at radius 3 is 2.61 bits per heavy atom. The van der Waals surface area contributed by atoms with Crippen LogP contribution in [-0.4, -0.2) is 33.5 Å². The number of carbonyl (C=O) groups is 1. The van der Waals surface area contributed by atoms with E-state index in [9.17, 15) is 9.18 Å². The van der Waals surface area contributed by atoms with E-state index in [1.54, 1.807) is 12.1 Å². The number of hydrogen-bond acceptors (Lipinski definition) is 2. The third-order valence-electron chi connectivity index (χ3n) is 5.45. The Hall–Kier alpha value is -2.73. The molecule has 2 aromatic carbocycles. The third kappa shape index (κ3) is 3.64. The van der Waals surface area contributed by atoms with Crippen LogP contribution >= 0.6 is 12.2 Å². The number of nitrogens with two attached hydrogens (primary N) is 1. The number of aromatic nitrogens is 1. The molecule has 1 fully saturated rings. The van der Waals surface area contributed by atoms with Gasteiger partial charge >= 0.3 is 0 Å². The number of primary amides is 1. The quantitative estimate of drug-likeness (QED) is 0.686. The molecule has 0 aliphatic carbocycles. The van der Waals surface area contributed by atoms with Gasteiger partial charge in [0.25, 0.3) is 0 Å². The van der Waals surface area contributed by atoms with Gasteiger partial charge in [0.15, 0.2) is 0 Å². The van der Waals surface area contributed by atoms with E-state index in [4.69, 9.17) is 18.0 Å². The van der Waals surface area contributed by atoms with Crippen molar-refractivity contribution in [2.45, 2.75) is 19.4 Å². The normalized spacial score (nSPS) is 15.1. The molecule has 0 saturated carbocycles. The number of piperidine rings is 1. The molecule has 1 aromatic heterocycles. The Morgan fingerprint density at radius 2 is 1.89 bits per heavy atom. The summed E-state index contributed by atoms with van der Waals surface area (Å²) in [5.74, 6) is -0.521. The van der Waals surface area contributed by atoms with Crippen LogP contribution in [0.5, 0.6) is 0 Å². The first-order valence-corrected chi connectivity index (χ1v) is 9.84. The van der Waals surface area contributed by atoms with E-state index >= 15 is 0 Å². The topological polar surface area (TPSA) is 51.3 Å². The summed E-state index contributed by atoms with van der Waals surface area (Å²) < 4.78 is 15.7. The molecule has 0 unspecified atom stereocenters. The van der Waals surface area contributed by atoms with Gasteiger partial charge in [-0.05, 0) is 36.6 Å². The number of para-hydroxylation sites is 1. The number of carbonyl (C=O) groups excluding carboxylic acids is 1. The summed E-state index contributed by atoms with van der Waals surface area (Å²) in [6, 6.07) is 14.8. The van der Waals surface area contributed by atoms with Gasteiger partial charge in [0.05, 0.1) is 0 Å². The lowest BCUT2D eigenvalue weighted by Gasteiger charge is -2.32. The van der Waals surface area contributed by atoms with Crippen molar-refractivity contribution in [3.8, 4) is 0 Å². The zero-order valence-corrected chi connectivity index (χ0v) is 16.3. The fraction of sp³-hybridized carbons (Fsp3) is 0.273. The van der Waals surface area contributed by atoms with Crippen molar-refractivity contribution in [3.63, 3.8) is 0 Å². The van der Waals surface area contributed by atoms with Gasteiger partial charge in [0.2, 0.25) is 5.91 Å². The van der Waals surface area contributed by atoms with Crippen LogP contribution in [0, 0.1) is 11.7 Å². The van der Waals surface area contributed by atoms with Crippen LogP contribution in [0.25, 0.3) is 10.9 Å². The molecule has 28 heavy (non-hydrogen) atoms. The zero-order chi connectivity index (χ0) is 19.7. The minimum absolute atomic E-state index is 0.0617. The number of halogens is 1. The number of benzene rings is 2. The summed E-state index contributed by atoms with van der Waals surface area (Å²) >= 11 is 5.81. The van der Waals surface area contributed by atoms with Gasteiger partial charge in [0.1, 0.15) is 10.8 Å². The van der Waals surface area contributed by atoms with Gasteiger partial charge in [-0.15, -0.1) is 0 Å². The van der Waals surface area contributed by atoms with E-state index in [1.165, 1.54) is 6.07 Å². The molecule has 4 nitrogen and oxygen atoms in total. The Bertz CT molecular complexity index is 1040. The molecule has 0 radical (unpaired) electrons. The maximum absolute atomic E-state index is 13.6. The average Bonchev–Trinajstić information content (AvgIpc) is 3.06. The molecule has 0 atom stereocenters. The molecule has 1 aliphatic rings. The van der Waals surface area contributed by atoms with Crippen LogP contribution in [0.4, 0.5) is 4.39 Å². The van der Waals surface area contributed by atoms with E-state index < -0.39 is 0 Å². The summed E-state index contributed by atoms with van der Waals surface area (Å²) in [4.78, 5) is 14.4. The molecular formula is C22H22FN3OS. The van der Waals surface area contributed by atoms with Crippen LogP contribution in [0.1, 0.15) is 24.0 Å². The van der Waals surface area contributed by atoms with Gasteiger partial charge < -0.3 is 15.2 Å². The predicted molar refractivity (Wildman–Crippen MR) is 113 cm³/mol. The molecule has 6 heteroatoms. The van der Waals surface area contributed by atoms with Gasteiger partial charge in [-0.1, -0.05) is 42.5 Å². The Balaban J connectivity index is 1.63. The summed E-state index contributed by atoms with van der Waals surface area (Å²) in [6.07, 6.45) is 3.52. The average molecular weight is 396 g/mol. The standard InChI is InChI=1S/C22H22FN3OS/c23-17-5-3-4-15(12-17)13-26-14-19(18-6-1-2-7-20(18)26)22(28)25-10-8-16(9-11-25)21(24)27/h1-7,12,14,16H,8-11,13H2,(H2,24,27). The number of likely N-dealkylation sites (tertiary alicyclic amines) is 1. The van der Waals surface area contributed by atoms with Crippen LogP contribution in [0.2, 0.25) is 0 Å². The summed E-state index contributed by atoms with van der Waals surface area (Å²) in [5.41, 5.74) is 8.41. The number of nitrogens with zero attached hydrogens (tertiary/aromatic N) is 2. The Morgan fingerprint density at radius 1 is 1.14 bits per heavy atom. The lowest BCUT2D eigenvalue weighted by atomic mass is 9.96. The second-order valence-electron chi connectivity index (χ2n) is 7.29. The maximum atomic E-state index is 13.6. The van der Waals surface area contributed by atoms with Gasteiger partial charge in [0, 0.05) is 48.2 Å². The molecule has 1 saturated heterocycles. The highest BCUT2D eigenvalue weighted by Crippen LogP contribution is 2.26.